The Morgan fingerprint density at radius 1 is 1.21 bits per heavy atom. The molecule has 0 unspecified atom stereocenters. The lowest BCUT2D eigenvalue weighted by Gasteiger charge is -2.14. The number of carbonyl (C=O) groups excluding carboxylic acids is 1. The van der Waals surface area contributed by atoms with Crippen LogP contribution in [0.25, 0.3) is 0 Å². The summed E-state index contributed by atoms with van der Waals surface area (Å²) in [4.78, 5) is 12.4. The number of hydrogen-bond donors (Lipinski definition) is 3. The molecule has 1 saturated heterocycles. The topological polar surface area (TPSA) is 62.4 Å². The summed E-state index contributed by atoms with van der Waals surface area (Å²) in [7, 11) is 1.63. The summed E-state index contributed by atoms with van der Waals surface area (Å²) in [6.45, 7) is 2.15. The molecule has 1 heterocycles. The molecule has 1 aliphatic heterocycles. The standard InChI is InChI=1S/C18H20ClN3O2/c1-24-17-8-13(4-7-16(17)14-10-21-22-11-14)18(23)20-9-12-2-5-15(19)6-3-12/h2-8,14,21-22H,9-11H2,1H3,(H,20,23). The van der Waals surface area contributed by atoms with Gasteiger partial charge in [-0.05, 0) is 35.4 Å². The molecule has 0 saturated carbocycles. The number of methoxy groups -OCH3 is 1. The van der Waals surface area contributed by atoms with Gasteiger partial charge in [0.2, 0.25) is 0 Å². The molecule has 6 heteroatoms. The number of ether oxygens (including phenoxy) is 1. The van der Waals surface area contributed by atoms with Crippen molar-refractivity contribution >= 4 is 17.5 Å². The van der Waals surface area contributed by atoms with E-state index >= 15 is 0 Å². The molecule has 2 aromatic rings. The van der Waals surface area contributed by atoms with Gasteiger partial charge in [0.05, 0.1) is 7.11 Å². The number of hydrazine groups is 1. The largest absolute Gasteiger partial charge is 0.496 e. The van der Waals surface area contributed by atoms with Crippen molar-refractivity contribution in [2.45, 2.75) is 12.5 Å². The van der Waals surface area contributed by atoms with Gasteiger partial charge in [0.25, 0.3) is 5.91 Å². The van der Waals surface area contributed by atoms with E-state index in [0.717, 1.165) is 30.0 Å². The average molecular weight is 346 g/mol. The fourth-order valence-electron chi connectivity index (χ4n) is 2.76. The molecule has 0 aromatic heterocycles. The van der Waals surface area contributed by atoms with Gasteiger partial charge in [0.15, 0.2) is 0 Å². The van der Waals surface area contributed by atoms with E-state index < -0.39 is 0 Å². The van der Waals surface area contributed by atoms with E-state index in [4.69, 9.17) is 16.3 Å². The summed E-state index contributed by atoms with van der Waals surface area (Å²) >= 11 is 5.86. The van der Waals surface area contributed by atoms with E-state index in [9.17, 15) is 4.79 Å². The Balaban J connectivity index is 1.69. The van der Waals surface area contributed by atoms with Crippen molar-refractivity contribution in [3.05, 3.63) is 64.2 Å². The van der Waals surface area contributed by atoms with Crippen molar-refractivity contribution in [3.8, 4) is 5.75 Å². The van der Waals surface area contributed by atoms with Gasteiger partial charge in [-0.3, -0.25) is 15.6 Å². The first-order valence-electron chi connectivity index (χ1n) is 7.83. The Kier molecular flexibility index (Phi) is 5.35. The summed E-state index contributed by atoms with van der Waals surface area (Å²) in [5, 5.41) is 3.59. The van der Waals surface area contributed by atoms with Crippen LogP contribution in [0, 0.1) is 0 Å². The van der Waals surface area contributed by atoms with E-state index in [1.807, 2.05) is 36.4 Å². The molecule has 1 amide bonds. The Morgan fingerprint density at radius 3 is 2.58 bits per heavy atom. The van der Waals surface area contributed by atoms with Crippen molar-refractivity contribution in [2.75, 3.05) is 20.2 Å². The van der Waals surface area contributed by atoms with Crippen LogP contribution in [0.2, 0.25) is 5.02 Å². The highest BCUT2D eigenvalue weighted by atomic mass is 35.5. The van der Waals surface area contributed by atoms with Crippen molar-refractivity contribution in [1.82, 2.24) is 16.2 Å². The molecule has 0 radical (unpaired) electrons. The molecule has 3 rings (SSSR count). The maximum Gasteiger partial charge on any atom is 0.251 e. The molecule has 1 fully saturated rings. The highest BCUT2D eigenvalue weighted by Crippen LogP contribution is 2.28. The normalized spacial score (nSPS) is 14.6. The highest BCUT2D eigenvalue weighted by Gasteiger charge is 2.21. The minimum atomic E-state index is -0.127. The van der Waals surface area contributed by atoms with Crippen molar-refractivity contribution in [2.24, 2.45) is 0 Å². The van der Waals surface area contributed by atoms with Gasteiger partial charge in [-0.25, -0.2) is 0 Å². The number of nitrogens with one attached hydrogen (secondary N) is 3. The predicted octanol–water partition coefficient (Wildman–Crippen LogP) is 2.47. The van der Waals surface area contributed by atoms with E-state index in [-0.39, 0.29) is 5.91 Å². The van der Waals surface area contributed by atoms with Gasteiger partial charge in [-0.15, -0.1) is 0 Å². The van der Waals surface area contributed by atoms with Crippen molar-refractivity contribution in [3.63, 3.8) is 0 Å². The molecular weight excluding hydrogens is 326 g/mol. The number of rotatable bonds is 5. The van der Waals surface area contributed by atoms with Crippen molar-refractivity contribution < 1.29 is 9.53 Å². The van der Waals surface area contributed by atoms with Crippen LogP contribution in [-0.2, 0) is 6.54 Å². The molecule has 0 bridgehead atoms. The molecule has 1 aliphatic rings. The first-order chi connectivity index (χ1) is 11.7. The smallest absolute Gasteiger partial charge is 0.251 e. The number of halogens is 1. The minimum Gasteiger partial charge on any atom is -0.496 e. The Morgan fingerprint density at radius 2 is 1.92 bits per heavy atom. The van der Waals surface area contributed by atoms with Gasteiger partial charge in [0, 0.05) is 36.1 Å². The monoisotopic (exact) mass is 345 g/mol. The molecule has 2 aromatic carbocycles. The molecular formula is C18H20ClN3O2. The van der Waals surface area contributed by atoms with Gasteiger partial charge >= 0.3 is 0 Å². The van der Waals surface area contributed by atoms with Crippen LogP contribution in [0.3, 0.4) is 0 Å². The van der Waals surface area contributed by atoms with Gasteiger partial charge in [-0.2, -0.15) is 0 Å². The second kappa shape index (κ2) is 7.66. The van der Waals surface area contributed by atoms with Crippen LogP contribution in [0.5, 0.6) is 5.75 Å². The van der Waals surface area contributed by atoms with Crippen LogP contribution in [0.4, 0.5) is 0 Å². The van der Waals surface area contributed by atoms with E-state index in [1.165, 1.54) is 0 Å². The molecule has 3 N–H and O–H groups in total. The van der Waals surface area contributed by atoms with Crippen LogP contribution < -0.4 is 20.9 Å². The highest BCUT2D eigenvalue weighted by molar-refractivity contribution is 6.30. The van der Waals surface area contributed by atoms with E-state index in [0.29, 0.717) is 23.0 Å². The van der Waals surface area contributed by atoms with E-state index in [1.54, 1.807) is 13.2 Å². The fraction of sp³-hybridized carbons (Fsp3) is 0.278. The second-order valence-electron chi connectivity index (χ2n) is 5.72. The Labute approximate surface area is 146 Å². The van der Waals surface area contributed by atoms with Crippen LogP contribution in [0.1, 0.15) is 27.4 Å². The summed E-state index contributed by atoms with van der Waals surface area (Å²) in [5.74, 6) is 0.952. The maximum absolute atomic E-state index is 12.4. The van der Waals surface area contributed by atoms with Crippen LogP contribution >= 0.6 is 11.6 Å². The third kappa shape index (κ3) is 3.87. The summed E-state index contributed by atoms with van der Waals surface area (Å²) in [6.07, 6.45) is 0. The Hall–Kier alpha value is -2.08. The van der Waals surface area contributed by atoms with Gasteiger partial charge in [-0.1, -0.05) is 29.8 Å². The summed E-state index contributed by atoms with van der Waals surface area (Å²) < 4.78 is 5.47. The average Bonchev–Trinajstić information content (AvgIpc) is 3.15. The summed E-state index contributed by atoms with van der Waals surface area (Å²) in [5.41, 5.74) is 8.90. The molecule has 0 spiro atoms. The lowest BCUT2D eigenvalue weighted by molar-refractivity contribution is 0.0950. The molecule has 0 aliphatic carbocycles. The first-order valence-corrected chi connectivity index (χ1v) is 8.21. The van der Waals surface area contributed by atoms with Crippen molar-refractivity contribution in [1.29, 1.82) is 0 Å². The second-order valence-corrected chi connectivity index (χ2v) is 6.16. The van der Waals surface area contributed by atoms with Gasteiger partial charge < -0.3 is 10.1 Å². The number of hydrogen-bond acceptors (Lipinski definition) is 4. The molecule has 5 nitrogen and oxygen atoms in total. The fourth-order valence-corrected chi connectivity index (χ4v) is 2.89. The SMILES string of the molecule is COc1cc(C(=O)NCc2ccc(Cl)cc2)ccc1C1CNNC1. The number of carbonyl (C=O) groups is 1. The van der Waals surface area contributed by atoms with Crippen LogP contribution in [-0.4, -0.2) is 26.1 Å². The van der Waals surface area contributed by atoms with Gasteiger partial charge in [0.1, 0.15) is 5.75 Å². The lowest BCUT2D eigenvalue weighted by Crippen LogP contribution is -2.23. The van der Waals surface area contributed by atoms with Crippen LogP contribution in [0.15, 0.2) is 42.5 Å². The molecule has 0 atom stereocenters. The minimum absolute atomic E-state index is 0.127. The number of amides is 1. The third-order valence-corrected chi connectivity index (χ3v) is 4.38. The van der Waals surface area contributed by atoms with E-state index in [2.05, 4.69) is 16.2 Å². The number of benzene rings is 2. The predicted molar refractivity (Wildman–Crippen MR) is 94.4 cm³/mol. The zero-order valence-corrected chi connectivity index (χ0v) is 14.2. The zero-order valence-electron chi connectivity index (χ0n) is 13.4. The third-order valence-electron chi connectivity index (χ3n) is 4.12. The summed E-state index contributed by atoms with van der Waals surface area (Å²) in [6, 6.07) is 13.0. The molecule has 24 heavy (non-hydrogen) atoms. The quantitative estimate of drug-likeness (QED) is 0.779. The Bertz CT molecular complexity index is 713. The lowest BCUT2D eigenvalue weighted by atomic mass is 9.97. The first kappa shape index (κ1) is 16.8. The molecule has 126 valence electrons. The zero-order chi connectivity index (χ0) is 16.9. The maximum atomic E-state index is 12.4.